The van der Waals surface area contributed by atoms with Gasteiger partial charge in [0.1, 0.15) is 0 Å². The van der Waals surface area contributed by atoms with Crippen LogP contribution in [0.5, 0.6) is 0 Å². The summed E-state index contributed by atoms with van der Waals surface area (Å²) in [6, 6.07) is 0. The Labute approximate surface area is 95.1 Å². The number of rotatable bonds is 3. The number of amides is 1. The van der Waals surface area contributed by atoms with Crippen LogP contribution in [0, 0.1) is 5.92 Å². The molecule has 2 saturated heterocycles. The molecule has 16 heavy (non-hydrogen) atoms. The van der Waals surface area contributed by atoms with Gasteiger partial charge in [-0.1, -0.05) is 0 Å². The van der Waals surface area contributed by atoms with Crippen molar-refractivity contribution < 1.29 is 19.4 Å². The molecular formula is C11H19NO4. The third kappa shape index (κ3) is 2.93. The number of hydrogen-bond acceptors (Lipinski definition) is 4. The van der Waals surface area contributed by atoms with E-state index in [1.165, 1.54) is 0 Å². The molecule has 2 aliphatic heterocycles. The Morgan fingerprint density at radius 2 is 2.06 bits per heavy atom. The summed E-state index contributed by atoms with van der Waals surface area (Å²) in [6.07, 6.45) is 1.97. The van der Waals surface area contributed by atoms with E-state index in [-0.39, 0.29) is 11.8 Å². The monoisotopic (exact) mass is 229 g/mol. The SMILES string of the molecule is O=C(NCC1(O)CCOCC1)C1CCOC1. The van der Waals surface area contributed by atoms with Crippen molar-refractivity contribution in [2.75, 3.05) is 33.0 Å². The average molecular weight is 229 g/mol. The topological polar surface area (TPSA) is 67.8 Å². The third-order valence-corrected chi connectivity index (χ3v) is 3.32. The number of carbonyl (C=O) groups is 1. The Balaban J connectivity index is 1.75. The summed E-state index contributed by atoms with van der Waals surface area (Å²) in [7, 11) is 0. The first-order valence-electron chi connectivity index (χ1n) is 5.85. The smallest absolute Gasteiger partial charge is 0.225 e. The summed E-state index contributed by atoms with van der Waals surface area (Å²) in [5.41, 5.74) is -0.784. The molecule has 0 aromatic heterocycles. The fraction of sp³-hybridized carbons (Fsp3) is 0.909. The highest BCUT2D eigenvalue weighted by atomic mass is 16.5. The van der Waals surface area contributed by atoms with Crippen LogP contribution in [0.1, 0.15) is 19.3 Å². The van der Waals surface area contributed by atoms with E-state index in [1.807, 2.05) is 0 Å². The van der Waals surface area contributed by atoms with Crippen LogP contribution in [0.25, 0.3) is 0 Å². The maximum Gasteiger partial charge on any atom is 0.225 e. The van der Waals surface area contributed by atoms with Crippen LogP contribution in [-0.4, -0.2) is 49.6 Å². The molecule has 0 spiro atoms. The summed E-state index contributed by atoms with van der Waals surface area (Å²) < 4.78 is 10.3. The molecule has 1 unspecified atom stereocenters. The molecule has 2 N–H and O–H groups in total. The predicted molar refractivity (Wildman–Crippen MR) is 56.9 cm³/mol. The Bertz CT molecular complexity index is 244. The lowest BCUT2D eigenvalue weighted by Crippen LogP contribution is -2.47. The molecule has 0 saturated carbocycles. The van der Waals surface area contributed by atoms with Crippen LogP contribution in [0.2, 0.25) is 0 Å². The molecule has 2 aliphatic rings. The first-order valence-corrected chi connectivity index (χ1v) is 5.85. The number of nitrogens with one attached hydrogen (secondary N) is 1. The fourth-order valence-electron chi connectivity index (χ4n) is 2.07. The fourth-order valence-corrected chi connectivity index (χ4v) is 2.07. The summed E-state index contributed by atoms with van der Waals surface area (Å²) in [4.78, 5) is 11.7. The van der Waals surface area contributed by atoms with Gasteiger partial charge in [0.15, 0.2) is 0 Å². The summed E-state index contributed by atoms with van der Waals surface area (Å²) in [5.74, 6) is -0.0409. The van der Waals surface area contributed by atoms with E-state index in [2.05, 4.69) is 5.32 Å². The molecule has 5 heteroatoms. The Morgan fingerprint density at radius 3 is 2.69 bits per heavy atom. The molecule has 2 rings (SSSR count). The normalized spacial score (nSPS) is 28.9. The molecule has 0 bridgehead atoms. The number of carbonyl (C=O) groups excluding carboxylic acids is 1. The predicted octanol–water partition coefficient (Wildman–Crippen LogP) is -0.319. The minimum Gasteiger partial charge on any atom is -0.388 e. The van der Waals surface area contributed by atoms with Gasteiger partial charge in [-0.3, -0.25) is 4.79 Å². The van der Waals surface area contributed by atoms with E-state index in [4.69, 9.17) is 9.47 Å². The van der Waals surface area contributed by atoms with Gasteiger partial charge in [0, 0.05) is 39.2 Å². The summed E-state index contributed by atoms with van der Waals surface area (Å²) in [5, 5.41) is 12.9. The van der Waals surface area contributed by atoms with Crippen molar-refractivity contribution in [3.05, 3.63) is 0 Å². The zero-order valence-corrected chi connectivity index (χ0v) is 9.41. The number of ether oxygens (including phenoxy) is 2. The van der Waals surface area contributed by atoms with Crippen LogP contribution in [0.3, 0.4) is 0 Å². The molecule has 0 aromatic carbocycles. The quantitative estimate of drug-likeness (QED) is 0.696. The van der Waals surface area contributed by atoms with E-state index < -0.39 is 5.60 Å². The van der Waals surface area contributed by atoms with E-state index in [1.54, 1.807) is 0 Å². The van der Waals surface area contributed by atoms with Crippen molar-refractivity contribution in [1.29, 1.82) is 0 Å². The van der Waals surface area contributed by atoms with Crippen LogP contribution in [0.15, 0.2) is 0 Å². The van der Waals surface area contributed by atoms with Gasteiger partial charge in [-0.05, 0) is 6.42 Å². The summed E-state index contributed by atoms with van der Waals surface area (Å²) >= 11 is 0. The van der Waals surface area contributed by atoms with Crippen molar-refractivity contribution in [2.24, 2.45) is 5.92 Å². The van der Waals surface area contributed by atoms with Crippen molar-refractivity contribution in [3.8, 4) is 0 Å². The van der Waals surface area contributed by atoms with Gasteiger partial charge in [-0.25, -0.2) is 0 Å². The first-order chi connectivity index (χ1) is 7.70. The maximum atomic E-state index is 11.7. The van der Waals surface area contributed by atoms with Gasteiger partial charge in [0.2, 0.25) is 5.91 Å². The molecule has 2 heterocycles. The van der Waals surface area contributed by atoms with Crippen LogP contribution in [-0.2, 0) is 14.3 Å². The van der Waals surface area contributed by atoms with Crippen molar-refractivity contribution >= 4 is 5.91 Å². The van der Waals surface area contributed by atoms with Gasteiger partial charge < -0.3 is 19.9 Å². The Hall–Kier alpha value is -0.650. The number of aliphatic hydroxyl groups is 1. The Kier molecular flexibility index (Phi) is 3.78. The second kappa shape index (κ2) is 5.12. The largest absolute Gasteiger partial charge is 0.388 e. The maximum absolute atomic E-state index is 11.7. The van der Waals surface area contributed by atoms with E-state index >= 15 is 0 Å². The minimum atomic E-state index is -0.784. The number of hydrogen-bond donors (Lipinski definition) is 2. The van der Waals surface area contributed by atoms with E-state index in [0.29, 0.717) is 45.8 Å². The molecule has 0 aromatic rings. The van der Waals surface area contributed by atoms with Crippen LogP contribution < -0.4 is 5.32 Å². The van der Waals surface area contributed by atoms with Crippen LogP contribution >= 0.6 is 0 Å². The molecule has 1 atom stereocenters. The second-order valence-electron chi connectivity index (χ2n) is 4.62. The lowest BCUT2D eigenvalue weighted by Gasteiger charge is -2.32. The lowest BCUT2D eigenvalue weighted by atomic mass is 9.94. The van der Waals surface area contributed by atoms with Gasteiger partial charge in [0.25, 0.3) is 0 Å². The lowest BCUT2D eigenvalue weighted by molar-refractivity contribution is -0.127. The third-order valence-electron chi connectivity index (χ3n) is 3.32. The van der Waals surface area contributed by atoms with Crippen molar-refractivity contribution in [3.63, 3.8) is 0 Å². The standard InChI is InChI=1S/C11H19NO4/c13-10(9-1-4-16-7-9)12-8-11(14)2-5-15-6-3-11/h9,14H,1-8H2,(H,12,13). The van der Waals surface area contributed by atoms with Crippen LogP contribution in [0.4, 0.5) is 0 Å². The van der Waals surface area contributed by atoms with E-state index in [9.17, 15) is 9.90 Å². The first kappa shape index (κ1) is 11.8. The minimum absolute atomic E-state index is 0.00239. The highest BCUT2D eigenvalue weighted by Gasteiger charge is 2.31. The van der Waals surface area contributed by atoms with Crippen molar-refractivity contribution in [2.45, 2.75) is 24.9 Å². The van der Waals surface area contributed by atoms with Gasteiger partial charge in [0.05, 0.1) is 18.1 Å². The molecular weight excluding hydrogens is 210 g/mol. The molecule has 92 valence electrons. The zero-order chi connectivity index (χ0) is 11.4. The van der Waals surface area contributed by atoms with Crippen molar-refractivity contribution in [1.82, 2.24) is 5.32 Å². The molecule has 0 aliphatic carbocycles. The van der Waals surface area contributed by atoms with Gasteiger partial charge in [-0.2, -0.15) is 0 Å². The van der Waals surface area contributed by atoms with Gasteiger partial charge in [-0.15, -0.1) is 0 Å². The highest BCUT2D eigenvalue weighted by Crippen LogP contribution is 2.20. The van der Waals surface area contributed by atoms with E-state index in [0.717, 1.165) is 6.42 Å². The highest BCUT2D eigenvalue weighted by molar-refractivity contribution is 5.79. The average Bonchev–Trinajstić information content (AvgIpc) is 2.80. The summed E-state index contributed by atoms with van der Waals surface area (Å²) in [6.45, 7) is 2.63. The molecule has 2 fully saturated rings. The molecule has 0 radical (unpaired) electrons. The zero-order valence-electron chi connectivity index (χ0n) is 9.41. The molecule has 5 nitrogen and oxygen atoms in total. The Morgan fingerprint density at radius 1 is 1.31 bits per heavy atom. The second-order valence-corrected chi connectivity index (χ2v) is 4.62. The van der Waals surface area contributed by atoms with Gasteiger partial charge >= 0.3 is 0 Å². The molecule has 1 amide bonds.